The fourth-order valence-corrected chi connectivity index (χ4v) is 3.01. The lowest BCUT2D eigenvalue weighted by molar-refractivity contribution is 0.105. The molecule has 27 heavy (non-hydrogen) atoms. The summed E-state index contributed by atoms with van der Waals surface area (Å²) in [5, 5.41) is 3.38. The van der Waals surface area contributed by atoms with Gasteiger partial charge in [0.25, 0.3) is 0 Å². The summed E-state index contributed by atoms with van der Waals surface area (Å²) < 4.78 is 5.09. The predicted molar refractivity (Wildman–Crippen MR) is 107 cm³/mol. The van der Waals surface area contributed by atoms with Gasteiger partial charge in [0.2, 0.25) is 5.95 Å². The average molecular weight is 369 g/mol. The minimum atomic E-state index is -0.252. The van der Waals surface area contributed by atoms with E-state index in [1.54, 1.807) is 4.90 Å². The van der Waals surface area contributed by atoms with Crippen molar-refractivity contribution in [1.82, 2.24) is 14.9 Å². The molecule has 1 aromatic carbocycles. The Balaban J connectivity index is 1.81. The fraction of sp³-hybridized carbons (Fsp3) is 0.450. The Bertz CT molecular complexity index is 758. The van der Waals surface area contributed by atoms with Crippen molar-refractivity contribution in [1.29, 1.82) is 0 Å². The molecule has 0 atom stereocenters. The SMILES string of the molecule is CCOC(=O)N1CCN(c2nc(NC(C)C)cc(-c3ccccc3)n2)CC1. The molecule has 0 bridgehead atoms. The smallest absolute Gasteiger partial charge is 0.409 e. The Morgan fingerprint density at radius 2 is 1.85 bits per heavy atom. The van der Waals surface area contributed by atoms with Crippen molar-refractivity contribution in [3.05, 3.63) is 36.4 Å². The molecule has 1 amide bonds. The van der Waals surface area contributed by atoms with Gasteiger partial charge >= 0.3 is 6.09 Å². The summed E-state index contributed by atoms with van der Waals surface area (Å²) >= 11 is 0. The first kappa shape index (κ1) is 18.9. The molecule has 2 heterocycles. The van der Waals surface area contributed by atoms with Crippen LogP contribution in [0.5, 0.6) is 0 Å². The van der Waals surface area contributed by atoms with Crippen molar-refractivity contribution in [2.45, 2.75) is 26.8 Å². The molecule has 1 saturated heterocycles. The second kappa shape index (κ2) is 8.70. The number of nitrogens with zero attached hydrogens (tertiary/aromatic N) is 4. The lowest BCUT2D eigenvalue weighted by atomic mass is 10.1. The number of amides is 1. The van der Waals surface area contributed by atoms with E-state index < -0.39 is 0 Å². The Hall–Kier alpha value is -2.83. The molecule has 1 fully saturated rings. The van der Waals surface area contributed by atoms with Crippen LogP contribution >= 0.6 is 0 Å². The highest BCUT2D eigenvalue weighted by molar-refractivity contribution is 5.68. The molecule has 0 saturated carbocycles. The number of hydrogen-bond donors (Lipinski definition) is 1. The number of benzene rings is 1. The van der Waals surface area contributed by atoms with E-state index in [0.717, 1.165) is 17.1 Å². The highest BCUT2D eigenvalue weighted by Gasteiger charge is 2.24. The number of rotatable bonds is 5. The predicted octanol–water partition coefficient (Wildman–Crippen LogP) is 3.24. The number of piperazine rings is 1. The maximum Gasteiger partial charge on any atom is 0.409 e. The maximum atomic E-state index is 11.9. The van der Waals surface area contributed by atoms with E-state index in [2.05, 4.69) is 24.1 Å². The molecule has 3 rings (SSSR count). The number of nitrogens with one attached hydrogen (secondary N) is 1. The van der Waals surface area contributed by atoms with Crippen LogP contribution in [-0.4, -0.2) is 59.8 Å². The van der Waals surface area contributed by atoms with Crippen molar-refractivity contribution >= 4 is 17.9 Å². The summed E-state index contributed by atoms with van der Waals surface area (Å²) in [4.78, 5) is 25.2. The first-order chi connectivity index (χ1) is 13.1. The number of aromatic nitrogens is 2. The lowest BCUT2D eigenvalue weighted by Gasteiger charge is -2.34. The van der Waals surface area contributed by atoms with Crippen LogP contribution in [0.3, 0.4) is 0 Å². The van der Waals surface area contributed by atoms with Crippen LogP contribution < -0.4 is 10.2 Å². The topological polar surface area (TPSA) is 70.6 Å². The van der Waals surface area contributed by atoms with Crippen LogP contribution in [0.15, 0.2) is 36.4 Å². The summed E-state index contributed by atoms with van der Waals surface area (Å²) in [6.45, 7) is 8.95. The lowest BCUT2D eigenvalue weighted by Crippen LogP contribution is -2.49. The van der Waals surface area contributed by atoms with E-state index in [1.807, 2.05) is 43.3 Å². The van der Waals surface area contributed by atoms with E-state index >= 15 is 0 Å². The fourth-order valence-electron chi connectivity index (χ4n) is 3.01. The molecule has 1 aromatic heterocycles. The molecule has 1 N–H and O–H groups in total. The molecule has 1 aliphatic rings. The maximum absolute atomic E-state index is 11.9. The minimum Gasteiger partial charge on any atom is -0.450 e. The van der Waals surface area contributed by atoms with Crippen LogP contribution in [0.25, 0.3) is 11.3 Å². The van der Waals surface area contributed by atoms with Gasteiger partial charge in [-0.15, -0.1) is 0 Å². The van der Waals surface area contributed by atoms with Crippen LogP contribution in [0.4, 0.5) is 16.6 Å². The molecule has 144 valence electrons. The van der Waals surface area contributed by atoms with Gasteiger partial charge in [0.1, 0.15) is 5.82 Å². The Morgan fingerprint density at radius 1 is 1.15 bits per heavy atom. The third-order valence-electron chi connectivity index (χ3n) is 4.31. The highest BCUT2D eigenvalue weighted by Crippen LogP contribution is 2.24. The monoisotopic (exact) mass is 369 g/mol. The molecule has 7 nitrogen and oxygen atoms in total. The van der Waals surface area contributed by atoms with Crippen LogP contribution in [0, 0.1) is 0 Å². The number of ether oxygens (including phenoxy) is 1. The van der Waals surface area contributed by atoms with E-state index in [-0.39, 0.29) is 12.1 Å². The molecular formula is C20H27N5O2. The van der Waals surface area contributed by atoms with E-state index in [9.17, 15) is 4.79 Å². The van der Waals surface area contributed by atoms with Crippen LogP contribution in [-0.2, 0) is 4.74 Å². The normalized spacial score (nSPS) is 14.4. The van der Waals surface area contributed by atoms with Gasteiger partial charge in [-0.1, -0.05) is 30.3 Å². The molecular weight excluding hydrogens is 342 g/mol. The minimum absolute atomic E-state index is 0.252. The molecule has 0 aliphatic carbocycles. The van der Waals surface area contributed by atoms with E-state index in [4.69, 9.17) is 14.7 Å². The third-order valence-corrected chi connectivity index (χ3v) is 4.31. The van der Waals surface area contributed by atoms with E-state index in [0.29, 0.717) is 38.7 Å². The van der Waals surface area contributed by atoms with E-state index in [1.165, 1.54) is 0 Å². The summed E-state index contributed by atoms with van der Waals surface area (Å²) in [6.07, 6.45) is -0.252. The number of hydrogen-bond acceptors (Lipinski definition) is 6. The first-order valence-corrected chi connectivity index (χ1v) is 9.44. The molecule has 7 heteroatoms. The van der Waals surface area contributed by atoms with Gasteiger partial charge in [-0.25, -0.2) is 9.78 Å². The molecule has 0 radical (unpaired) electrons. The second-order valence-electron chi connectivity index (χ2n) is 6.78. The van der Waals surface area contributed by atoms with Gasteiger partial charge < -0.3 is 19.9 Å². The van der Waals surface area contributed by atoms with Crippen LogP contribution in [0.1, 0.15) is 20.8 Å². The largest absolute Gasteiger partial charge is 0.450 e. The van der Waals surface area contributed by atoms with Crippen molar-refractivity contribution < 1.29 is 9.53 Å². The van der Waals surface area contributed by atoms with Gasteiger partial charge in [0.05, 0.1) is 12.3 Å². The second-order valence-corrected chi connectivity index (χ2v) is 6.78. The van der Waals surface area contributed by atoms with Crippen molar-refractivity contribution in [3.63, 3.8) is 0 Å². The molecule has 0 spiro atoms. The third kappa shape index (κ3) is 4.87. The Labute approximate surface area is 160 Å². The standard InChI is InChI=1S/C20H27N5O2/c1-4-27-20(26)25-12-10-24(11-13-25)19-22-17(16-8-6-5-7-9-16)14-18(23-19)21-15(2)3/h5-9,14-15H,4,10-13H2,1-3H3,(H,21,22,23). The van der Waals surface area contributed by atoms with Crippen LogP contribution in [0.2, 0.25) is 0 Å². The van der Waals surface area contributed by atoms with Crippen molar-refractivity contribution in [3.8, 4) is 11.3 Å². The number of anilines is 2. The zero-order chi connectivity index (χ0) is 19.2. The highest BCUT2D eigenvalue weighted by atomic mass is 16.6. The summed E-state index contributed by atoms with van der Waals surface area (Å²) in [5.74, 6) is 1.49. The van der Waals surface area contributed by atoms with Crippen molar-refractivity contribution in [2.24, 2.45) is 0 Å². The molecule has 2 aromatic rings. The average Bonchev–Trinajstić information content (AvgIpc) is 2.68. The number of carbonyl (C=O) groups excluding carboxylic acids is 1. The van der Waals surface area contributed by atoms with Gasteiger partial charge in [-0.2, -0.15) is 4.98 Å². The zero-order valence-corrected chi connectivity index (χ0v) is 16.2. The van der Waals surface area contributed by atoms with Gasteiger partial charge in [-0.05, 0) is 20.8 Å². The number of carbonyl (C=O) groups is 1. The Morgan fingerprint density at radius 3 is 2.48 bits per heavy atom. The quantitative estimate of drug-likeness (QED) is 0.872. The molecule has 0 unspecified atom stereocenters. The molecule has 1 aliphatic heterocycles. The zero-order valence-electron chi connectivity index (χ0n) is 16.2. The summed E-state index contributed by atoms with van der Waals surface area (Å²) in [5.41, 5.74) is 1.94. The summed E-state index contributed by atoms with van der Waals surface area (Å²) in [7, 11) is 0. The first-order valence-electron chi connectivity index (χ1n) is 9.44. The van der Waals surface area contributed by atoms with Gasteiger partial charge in [-0.3, -0.25) is 0 Å². The van der Waals surface area contributed by atoms with Crippen molar-refractivity contribution in [2.75, 3.05) is 43.0 Å². The summed E-state index contributed by atoms with van der Waals surface area (Å²) in [6, 6.07) is 12.3. The van der Waals surface area contributed by atoms with Gasteiger partial charge in [0, 0.05) is 43.9 Å². The Kier molecular flexibility index (Phi) is 6.11. The van der Waals surface area contributed by atoms with Gasteiger partial charge in [0.15, 0.2) is 0 Å².